The summed E-state index contributed by atoms with van der Waals surface area (Å²) in [5.41, 5.74) is 2.82. The molecule has 2 fully saturated rings. The molecule has 0 spiro atoms. The van der Waals surface area contributed by atoms with Crippen molar-refractivity contribution in [1.82, 2.24) is 10.3 Å². The summed E-state index contributed by atoms with van der Waals surface area (Å²) in [6.07, 6.45) is 5.03. The summed E-state index contributed by atoms with van der Waals surface area (Å²) in [6, 6.07) is 26.1. The number of nitrogens with zero attached hydrogens (tertiary/aromatic N) is 1. The van der Waals surface area contributed by atoms with Gasteiger partial charge in [0, 0.05) is 47.2 Å². The third kappa shape index (κ3) is 5.86. The average Bonchev–Trinajstić information content (AvgIpc) is 3.95. The van der Waals surface area contributed by atoms with Gasteiger partial charge in [0.25, 0.3) is 0 Å². The van der Waals surface area contributed by atoms with Gasteiger partial charge in [0.05, 0.1) is 10.2 Å². The van der Waals surface area contributed by atoms with Crippen LogP contribution in [0, 0.1) is 11.2 Å². The maximum atomic E-state index is 15.2. The van der Waals surface area contributed by atoms with E-state index < -0.39 is 17.1 Å². The predicted molar refractivity (Wildman–Crippen MR) is 167 cm³/mol. The fourth-order valence-electron chi connectivity index (χ4n) is 4.96. The molecule has 0 bridgehead atoms. The molecule has 216 valence electrons. The average molecular weight is 593 g/mol. The fraction of sp³-hybridized carbons (Fsp3) is 0.206. The Morgan fingerprint density at radius 1 is 0.884 bits per heavy atom. The van der Waals surface area contributed by atoms with Crippen molar-refractivity contribution in [1.29, 1.82) is 0 Å². The first-order valence-corrected chi connectivity index (χ1v) is 15.2. The van der Waals surface area contributed by atoms with Gasteiger partial charge in [-0.05, 0) is 67.1 Å². The normalized spacial score (nSPS) is 15.2. The quantitative estimate of drug-likeness (QED) is 0.146. The van der Waals surface area contributed by atoms with Gasteiger partial charge in [-0.15, -0.1) is 11.3 Å². The van der Waals surface area contributed by atoms with Crippen LogP contribution in [-0.2, 0) is 16.1 Å². The number of hydrogen-bond acceptors (Lipinski definition) is 6. The number of thiophene rings is 1. The second-order valence-corrected chi connectivity index (χ2v) is 12.1. The zero-order valence-corrected chi connectivity index (χ0v) is 24.0. The Labute approximate surface area is 252 Å². The van der Waals surface area contributed by atoms with Crippen molar-refractivity contribution in [3.05, 3.63) is 103 Å². The van der Waals surface area contributed by atoms with Crippen LogP contribution in [0.25, 0.3) is 20.7 Å². The molecule has 2 aliphatic rings. The minimum Gasteiger partial charge on any atom is -0.453 e. The van der Waals surface area contributed by atoms with Crippen molar-refractivity contribution in [2.24, 2.45) is 5.41 Å². The standard InChI is InChI=1S/C34H29FN4O3S/c35-26-18-25(39-33(41)34(15-16-34)32(40)38-24-4-2-1-3-5-24)12-13-28(26)42-29-14-17-36-27-19-30(43-31(27)29)22-8-6-21(7-9-22)20-37-23-10-11-23/h1-9,12-14,17-19,23,37H,10-11,15-16,20H2,(H,38,40)(H,39,41). The number of amides is 2. The summed E-state index contributed by atoms with van der Waals surface area (Å²) in [5, 5.41) is 9.04. The lowest BCUT2D eigenvalue weighted by molar-refractivity contribution is -0.131. The summed E-state index contributed by atoms with van der Waals surface area (Å²) < 4.78 is 22.0. The summed E-state index contributed by atoms with van der Waals surface area (Å²) in [5.74, 6) is -0.931. The number of anilines is 2. The van der Waals surface area contributed by atoms with Gasteiger partial charge >= 0.3 is 0 Å². The molecule has 0 radical (unpaired) electrons. The minimum atomic E-state index is -1.16. The van der Waals surface area contributed by atoms with Crippen molar-refractivity contribution in [2.45, 2.75) is 38.3 Å². The maximum absolute atomic E-state index is 15.2. The molecular formula is C34H29FN4O3S. The Balaban J connectivity index is 1.03. The molecule has 0 saturated heterocycles. The van der Waals surface area contributed by atoms with E-state index in [0.29, 0.717) is 30.3 Å². The molecule has 2 aromatic heterocycles. The number of carbonyl (C=O) groups excluding carboxylic acids is 2. The van der Waals surface area contributed by atoms with Gasteiger partial charge in [0.2, 0.25) is 11.8 Å². The summed E-state index contributed by atoms with van der Waals surface area (Å²) >= 11 is 1.54. The Morgan fingerprint density at radius 2 is 1.63 bits per heavy atom. The maximum Gasteiger partial charge on any atom is 0.240 e. The van der Waals surface area contributed by atoms with E-state index >= 15 is 4.39 Å². The number of aromatic nitrogens is 1. The molecule has 2 saturated carbocycles. The molecule has 0 unspecified atom stereocenters. The van der Waals surface area contributed by atoms with Gasteiger partial charge in [0.1, 0.15) is 11.2 Å². The number of rotatable bonds is 10. The number of pyridine rings is 1. The predicted octanol–water partition coefficient (Wildman–Crippen LogP) is 7.50. The van der Waals surface area contributed by atoms with E-state index in [1.807, 2.05) is 24.3 Å². The van der Waals surface area contributed by atoms with Gasteiger partial charge in [-0.25, -0.2) is 4.39 Å². The van der Waals surface area contributed by atoms with Crippen LogP contribution in [0.5, 0.6) is 11.5 Å². The third-order valence-electron chi connectivity index (χ3n) is 7.85. The molecule has 7 nitrogen and oxygen atoms in total. The number of benzene rings is 3. The van der Waals surface area contributed by atoms with Crippen molar-refractivity contribution in [3.63, 3.8) is 0 Å². The number of para-hydroxylation sites is 1. The Morgan fingerprint density at radius 3 is 2.33 bits per heavy atom. The highest BCUT2D eigenvalue weighted by Crippen LogP contribution is 2.48. The van der Waals surface area contributed by atoms with E-state index in [2.05, 4.69) is 45.2 Å². The van der Waals surface area contributed by atoms with Crippen LogP contribution in [0.3, 0.4) is 0 Å². The van der Waals surface area contributed by atoms with Gasteiger partial charge in [0.15, 0.2) is 11.6 Å². The molecule has 7 rings (SSSR count). The molecule has 2 amide bonds. The highest BCUT2D eigenvalue weighted by Gasteiger charge is 2.56. The van der Waals surface area contributed by atoms with Gasteiger partial charge in [-0.1, -0.05) is 42.5 Å². The molecule has 2 aliphatic carbocycles. The van der Waals surface area contributed by atoms with Crippen LogP contribution in [0.2, 0.25) is 0 Å². The number of nitrogens with one attached hydrogen (secondary N) is 3. The summed E-state index contributed by atoms with van der Waals surface area (Å²) in [7, 11) is 0. The monoisotopic (exact) mass is 592 g/mol. The smallest absolute Gasteiger partial charge is 0.240 e. The van der Waals surface area contributed by atoms with Crippen LogP contribution >= 0.6 is 11.3 Å². The summed E-state index contributed by atoms with van der Waals surface area (Å²) in [4.78, 5) is 31.4. The van der Waals surface area contributed by atoms with E-state index in [-0.39, 0.29) is 17.3 Å². The van der Waals surface area contributed by atoms with E-state index in [1.165, 1.54) is 30.5 Å². The van der Waals surface area contributed by atoms with Crippen LogP contribution in [0.4, 0.5) is 15.8 Å². The number of ether oxygens (including phenoxy) is 1. The first-order valence-electron chi connectivity index (χ1n) is 14.3. The Bertz CT molecular complexity index is 1820. The number of fused-ring (bicyclic) bond motifs is 1. The molecule has 9 heteroatoms. The van der Waals surface area contributed by atoms with E-state index in [1.54, 1.807) is 41.8 Å². The Hall–Kier alpha value is -4.60. The highest BCUT2D eigenvalue weighted by atomic mass is 32.1. The first kappa shape index (κ1) is 27.2. The van der Waals surface area contributed by atoms with Crippen molar-refractivity contribution < 1.29 is 18.7 Å². The Kier molecular flexibility index (Phi) is 7.12. The topological polar surface area (TPSA) is 92.4 Å². The van der Waals surface area contributed by atoms with Crippen LogP contribution in [-0.4, -0.2) is 22.8 Å². The lowest BCUT2D eigenvalue weighted by atomic mass is 10.0. The molecular weight excluding hydrogens is 563 g/mol. The fourth-order valence-corrected chi connectivity index (χ4v) is 6.03. The molecule has 43 heavy (non-hydrogen) atoms. The zero-order valence-electron chi connectivity index (χ0n) is 23.2. The SMILES string of the molecule is O=C(Nc1ccccc1)C1(C(=O)Nc2ccc(Oc3ccnc4cc(-c5ccc(CNC6CC6)cc5)sc34)c(F)c2)CC1. The second-order valence-electron chi connectivity index (χ2n) is 11.1. The molecule has 3 aromatic carbocycles. The van der Waals surface area contributed by atoms with Crippen LogP contribution in [0.1, 0.15) is 31.2 Å². The molecule has 0 aliphatic heterocycles. The number of hydrogen-bond donors (Lipinski definition) is 3. The van der Waals surface area contributed by atoms with Crippen LogP contribution in [0.15, 0.2) is 91.1 Å². The first-order chi connectivity index (χ1) is 21.0. The largest absolute Gasteiger partial charge is 0.453 e. The minimum absolute atomic E-state index is 0.0240. The molecule has 0 atom stereocenters. The lowest BCUT2D eigenvalue weighted by Crippen LogP contribution is -2.35. The zero-order chi connectivity index (χ0) is 29.4. The second kappa shape index (κ2) is 11.2. The van der Waals surface area contributed by atoms with Gasteiger partial charge in [-0.2, -0.15) is 0 Å². The van der Waals surface area contributed by atoms with Crippen LogP contribution < -0.4 is 20.7 Å². The number of halogens is 1. The van der Waals surface area contributed by atoms with Crippen molar-refractivity contribution in [2.75, 3.05) is 10.6 Å². The lowest BCUT2D eigenvalue weighted by Gasteiger charge is -2.16. The van der Waals surface area contributed by atoms with Crippen molar-refractivity contribution >= 4 is 44.7 Å². The summed E-state index contributed by atoms with van der Waals surface area (Å²) in [6.45, 7) is 0.870. The molecule has 3 N–H and O–H groups in total. The third-order valence-corrected chi connectivity index (χ3v) is 9.03. The number of carbonyl (C=O) groups is 2. The van der Waals surface area contributed by atoms with E-state index in [4.69, 9.17) is 4.74 Å². The van der Waals surface area contributed by atoms with Gasteiger partial charge in [-0.3, -0.25) is 14.6 Å². The molecule has 2 heterocycles. The van der Waals surface area contributed by atoms with Gasteiger partial charge < -0.3 is 20.7 Å². The molecule has 5 aromatic rings. The highest BCUT2D eigenvalue weighted by molar-refractivity contribution is 7.22. The van der Waals surface area contributed by atoms with Crippen molar-refractivity contribution in [3.8, 4) is 21.9 Å². The van der Waals surface area contributed by atoms with E-state index in [9.17, 15) is 9.59 Å². The van der Waals surface area contributed by atoms with E-state index in [0.717, 1.165) is 27.2 Å².